The molecule has 0 aliphatic rings. The van der Waals surface area contributed by atoms with Crippen LogP contribution in [0.1, 0.15) is 5.56 Å². The van der Waals surface area contributed by atoms with Crippen molar-refractivity contribution in [2.75, 3.05) is 20.3 Å². The highest BCUT2D eigenvalue weighted by atomic mass is 35.5. The Labute approximate surface area is 141 Å². The highest BCUT2D eigenvalue weighted by Gasteiger charge is 2.19. The quantitative estimate of drug-likeness (QED) is 0.775. The van der Waals surface area contributed by atoms with Gasteiger partial charge in [-0.1, -0.05) is 17.7 Å². The third kappa shape index (κ3) is 4.86. The van der Waals surface area contributed by atoms with Gasteiger partial charge in [-0.3, -0.25) is 0 Å². The minimum absolute atomic E-state index is 0.117. The van der Waals surface area contributed by atoms with Gasteiger partial charge in [0.15, 0.2) is 0 Å². The Hall–Kier alpha value is -1.76. The SMILES string of the molecule is COc1ccc(C)cc1S(=O)(=O)NCCOc1ccc(Cl)cc1. The van der Waals surface area contributed by atoms with Crippen molar-refractivity contribution in [3.63, 3.8) is 0 Å². The molecule has 0 unspecified atom stereocenters. The zero-order valence-corrected chi connectivity index (χ0v) is 14.4. The number of hydrogen-bond acceptors (Lipinski definition) is 4. The summed E-state index contributed by atoms with van der Waals surface area (Å²) in [5.74, 6) is 0.934. The molecule has 0 atom stereocenters. The van der Waals surface area contributed by atoms with Crippen LogP contribution in [-0.4, -0.2) is 28.7 Å². The summed E-state index contributed by atoms with van der Waals surface area (Å²) < 4.78 is 37.8. The minimum Gasteiger partial charge on any atom is -0.495 e. The summed E-state index contributed by atoms with van der Waals surface area (Å²) in [7, 11) is -2.22. The van der Waals surface area contributed by atoms with E-state index in [4.69, 9.17) is 21.1 Å². The summed E-state index contributed by atoms with van der Waals surface area (Å²) in [6, 6.07) is 11.9. The van der Waals surface area contributed by atoms with Crippen LogP contribution in [0.4, 0.5) is 0 Å². The molecule has 0 fully saturated rings. The third-order valence-corrected chi connectivity index (χ3v) is 4.82. The number of hydrogen-bond donors (Lipinski definition) is 1. The van der Waals surface area contributed by atoms with E-state index in [0.29, 0.717) is 16.5 Å². The summed E-state index contributed by atoms with van der Waals surface area (Å²) in [5.41, 5.74) is 0.837. The molecule has 5 nitrogen and oxygen atoms in total. The van der Waals surface area contributed by atoms with Crippen LogP contribution in [0.5, 0.6) is 11.5 Å². The van der Waals surface area contributed by atoms with Crippen LogP contribution >= 0.6 is 11.6 Å². The number of ether oxygens (including phenoxy) is 2. The van der Waals surface area contributed by atoms with Crippen molar-refractivity contribution in [1.29, 1.82) is 0 Å². The summed E-state index contributed by atoms with van der Waals surface area (Å²) in [6.07, 6.45) is 0. The molecule has 124 valence electrons. The number of aryl methyl sites for hydroxylation is 1. The molecule has 0 aliphatic carbocycles. The highest BCUT2D eigenvalue weighted by molar-refractivity contribution is 7.89. The molecule has 0 radical (unpaired) electrons. The Kier molecular flexibility index (Phi) is 5.87. The van der Waals surface area contributed by atoms with Gasteiger partial charge in [-0.2, -0.15) is 0 Å². The number of benzene rings is 2. The van der Waals surface area contributed by atoms with Crippen molar-refractivity contribution in [3.05, 3.63) is 53.1 Å². The molecule has 2 aromatic rings. The zero-order chi connectivity index (χ0) is 16.9. The van der Waals surface area contributed by atoms with Gasteiger partial charge in [0.2, 0.25) is 10.0 Å². The van der Waals surface area contributed by atoms with Gasteiger partial charge in [-0.25, -0.2) is 13.1 Å². The third-order valence-electron chi connectivity index (χ3n) is 3.09. The van der Waals surface area contributed by atoms with Crippen molar-refractivity contribution >= 4 is 21.6 Å². The van der Waals surface area contributed by atoms with E-state index in [-0.39, 0.29) is 18.0 Å². The second kappa shape index (κ2) is 7.68. The molecule has 2 aromatic carbocycles. The Morgan fingerprint density at radius 3 is 2.48 bits per heavy atom. The first-order valence-corrected chi connectivity index (χ1v) is 8.81. The lowest BCUT2D eigenvalue weighted by Gasteiger charge is -2.12. The number of rotatable bonds is 7. The van der Waals surface area contributed by atoms with Crippen molar-refractivity contribution < 1.29 is 17.9 Å². The van der Waals surface area contributed by atoms with Crippen LogP contribution in [0.25, 0.3) is 0 Å². The second-order valence-corrected chi connectivity index (χ2v) is 7.03. The van der Waals surface area contributed by atoms with E-state index in [0.717, 1.165) is 5.56 Å². The molecular weight excluding hydrogens is 338 g/mol. The smallest absolute Gasteiger partial charge is 0.244 e. The fourth-order valence-corrected chi connectivity index (χ4v) is 3.34. The minimum atomic E-state index is -3.66. The van der Waals surface area contributed by atoms with E-state index in [1.165, 1.54) is 7.11 Å². The predicted molar refractivity (Wildman–Crippen MR) is 89.9 cm³/mol. The van der Waals surface area contributed by atoms with Crippen LogP contribution < -0.4 is 14.2 Å². The number of nitrogens with one attached hydrogen (secondary N) is 1. The maximum atomic E-state index is 12.4. The first-order chi connectivity index (χ1) is 10.9. The Bertz CT molecular complexity index is 760. The maximum Gasteiger partial charge on any atom is 0.244 e. The van der Waals surface area contributed by atoms with Gasteiger partial charge in [0.1, 0.15) is 23.0 Å². The molecule has 0 saturated heterocycles. The predicted octanol–water partition coefficient (Wildman–Crippen LogP) is 3.01. The normalized spacial score (nSPS) is 11.3. The van der Waals surface area contributed by atoms with Gasteiger partial charge >= 0.3 is 0 Å². The average molecular weight is 356 g/mol. The molecule has 0 amide bonds. The lowest BCUT2D eigenvalue weighted by atomic mass is 10.2. The highest BCUT2D eigenvalue weighted by Crippen LogP contribution is 2.24. The van der Waals surface area contributed by atoms with Gasteiger partial charge < -0.3 is 9.47 Å². The van der Waals surface area contributed by atoms with Gasteiger partial charge in [0.25, 0.3) is 0 Å². The van der Waals surface area contributed by atoms with E-state index in [9.17, 15) is 8.42 Å². The fraction of sp³-hybridized carbons (Fsp3) is 0.250. The van der Waals surface area contributed by atoms with Crippen LogP contribution in [0.15, 0.2) is 47.4 Å². The molecule has 1 N–H and O–H groups in total. The fourth-order valence-electron chi connectivity index (χ4n) is 1.95. The van der Waals surface area contributed by atoms with E-state index < -0.39 is 10.0 Å². The van der Waals surface area contributed by atoms with Crippen LogP contribution in [0.3, 0.4) is 0 Å². The monoisotopic (exact) mass is 355 g/mol. The number of methoxy groups -OCH3 is 1. The molecule has 23 heavy (non-hydrogen) atoms. The second-order valence-electron chi connectivity index (χ2n) is 4.85. The Balaban J connectivity index is 1.96. The summed E-state index contributed by atoms with van der Waals surface area (Å²) in [6.45, 7) is 2.17. The Morgan fingerprint density at radius 2 is 1.83 bits per heavy atom. The molecule has 0 spiro atoms. The lowest BCUT2D eigenvalue weighted by Crippen LogP contribution is -2.28. The molecule has 0 bridgehead atoms. The molecule has 0 heterocycles. The van der Waals surface area contributed by atoms with E-state index in [1.807, 2.05) is 6.92 Å². The van der Waals surface area contributed by atoms with E-state index >= 15 is 0 Å². The molecule has 2 rings (SSSR count). The molecule has 0 aromatic heterocycles. The lowest BCUT2D eigenvalue weighted by molar-refractivity contribution is 0.322. The van der Waals surface area contributed by atoms with E-state index in [2.05, 4.69) is 4.72 Å². The number of halogens is 1. The topological polar surface area (TPSA) is 64.6 Å². The van der Waals surface area contributed by atoms with Gasteiger partial charge in [-0.15, -0.1) is 0 Å². The van der Waals surface area contributed by atoms with Crippen molar-refractivity contribution in [1.82, 2.24) is 4.72 Å². The summed E-state index contributed by atoms with van der Waals surface area (Å²) in [5, 5.41) is 0.615. The van der Waals surface area contributed by atoms with Crippen molar-refractivity contribution in [2.24, 2.45) is 0 Å². The number of sulfonamides is 1. The largest absolute Gasteiger partial charge is 0.495 e. The van der Waals surface area contributed by atoms with Crippen LogP contribution in [0.2, 0.25) is 5.02 Å². The molecular formula is C16H18ClNO4S. The summed E-state index contributed by atoms with van der Waals surface area (Å²) >= 11 is 5.78. The van der Waals surface area contributed by atoms with Gasteiger partial charge in [-0.05, 0) is 48.9 Å². The Morgan fingerprint density at radius 1 is 1.13 bits per heavy atom. The maximum absolute atomic E-state index is 12.4. The van der Waals surface area contributed by atoms with Crippen LogP contribution in [-0.2, 0) is 10.0 Å². The van der Waals surface area contributed by atoms with E-state index in [1.54, 1.807) is 42.5 Å². The zero-order valence-electron chi connectivity index (χ0n) is 12.9. The first kappa shape index (κ1) is 17.6. The summed E-state index contributed by atoms with van der Waals surface area (Å²) in [4.78, 5) is 0.117. The molecule has 7 heteroatoms. The van der Waals surface area contributed by atoms with Crippen molar-refractivity contribution in [2.45, 2.75) is 11.8 Å². The molecule has 0 aliphatic heterocycles. The molecule has 0 saturated carbocycles. The first-order valence-electron chi connectivity index (χ1n) is 6.95. The standard InChI is InChI=1S/C16H18ClNO4S/c1-12-3-8-15(21-2)16(11-12)23(19,20)18-9-10-22-14-6-4-13(17)5-7-14/h3-8,11,18H,9-10H2,1-2H3. The van der Waals surface area contributed by atoms with Crippen LogP contribution in [0, 0.1) is 6.92 Å². The van der Waals surface area contributed by atoms with Gasteiger partial charge in [0, 0.05) is 11.6 Å². The van der Waals surface area contributed by atoms with Crippen molar-refractivity contribution in [3.8, 4) is 11.5 Å². The van der Waals surface area contributed by atoms with Gasteiger partial charge in [0.05, 0.1) is 7.11 Å². The average Bonchev–Trinajstić information content (AvgIpc) is 2.53.